The van der Waals surface area contributed by atoms with E-state index >= 15 is 0 Å². The van der Waals surface area contributed by atoms with Gasteiger partial charge in [0, 0.05) is 0 Å². The Bertz CT molecular complexity index is 472. The van der Waals surface area contributed by atoms with Gasteiger partial charge < -0.3 is 20.0 Å². The van der Waals surface area contributed by atoms with Crippen molar-refractivity contribution in [3.05, 3.63) is 0 Å². The van der Waals surface area contributed by atoms with Gasteiger partial charge in [0.1, 0.15) is 24.2 Å². The highest BCUT2D eigenvalue weighted by atomic mass is 16.4. The van der Waals surface area contributed by atoms with Crippen molar-refractivity contribution in [2.45, 2.75) is 49.9 Å². The number of hydrogen-bond donors (Lipinski definition) is 2. The van der Waals surface area contributed by atoms with Crippen LogP contribution in [0.1, 0.15) is 25.7 Å². The van der Waals surface area contributed by atoms with Gasteiger partial charge in [0.05, 0.1) is 0 Å². The Labute approximate surface area is 113 Å². The molecule has 0 unspecified atom stereocenters. The third-order valence-corrected chi connectivity index (χ3v) is 4.42. The minimum absolute atomic E-state index is 0.232. The molecular weight excluding hydrogens is 268 g/mol. The van der Waals surface area contributed by atoms with E-state index in [1.165, 1.54) is 0 Å². The zero-order valence-electron chi connectivity index (χ0n) is 10.6. The number of hydrogen-bond acceptors (Lipinski definition) is 4. The number of carbonyl (C=O) groups excluding carboxylic acids is 2. The Kier molecular flexibility index (Phi) is 2.70. The Morgan fingerprint density at radius 2 is 1.15 bits per heavy atom. The van der Waals surface area contributed by atoms with Crippen molar-refractivity contribution in [1.82, 2.24) is 9.80 Å². The van der Waals surface area contributed by atoms with Crippen molar-refractivity contribution >= 4 is 23.8 Å². The van der Waals surface area contributed by atoms with E-state index in [9.17, 15) is 19.2 Å². The van der Waals surface area contributed by atoms with Crippen LogP contribution in [0.15, 0.2) is 0 Å². The molecule has 0 spiro atoms. The van der Waals surface area contributed by atoms with Gasteiger partial charge >= 0.3 is 11.9 Å². The maximum atomic E-state index is 12.4. The number of amides is 2. The standard InChI is InChI=1S/C12H14N2O6/c15-9-5-1-3-7(11(17)18)13(5)10(16)6-2-4-8(12(19)20)14(6)9/h5-8H,1-4H2,(H,17,18)(H,19,20)/t5-,6+,7+,8-. The minimum Gasteiger partial charge on any atom is -0.480 e. The summed E-state index contributed by atoms with van der Waals surface area (Å²) in [5.74, 6) is -3.09. The summed E-state index contributed by atoms with van der Waals surface area (Å²) in [7, 11) is 0. The van der Waals surface area contributed by atoms with Crippen LogP contribution in [0, 0.1) is 0 Å². The van der Waals surface area contributed by atoms with Gasteiger partial charge in [-0.25, -0.2) is 9.59 Å². The fourth-order valence-electron chi connectivity index (χ4n) is 3.55. The molecule has 20 heavy (non-hydrogen) atoms. The lowest BCUT2D eigenvalue weighted by atomic mass is 10.1. The summed E-state index contributed by atoms with van der Waals surface area (Å²) in [5.41, 5.74) is 0. The van der Waals surface area contributed by atoms with E-state index in [4.69, 9.17) is 10.2 Å². The molecule has 0 aliphatic carbocycles. The highest BCUT2D eigenvalue weighted by Gasteiger charge is 2.57. The van der Waals surface area contributed by atoms with E-state index in [0.717, 1.165) is 9.80 Å². The number of aliphatic carboxylic acids is 2. The van der Waals surface area contributed by atoms with Gasteiger partial charge in [-0.3, -0.25) is 9.59 Å². The molecule has 4 atom stereocenters. The molecule has 8 heteroatoms. The van der Waals surface area contributed by atoms with Crippen LogP contribution < -0.4 is 0 Å². The van der Waals surface area contributed by atoms with Crippen LogP contribution in [0.4, 0.5) is 0 Å². The first kappa shape index (κ1) is 12.9. The summed E-state index contributed by atoms with van der Waals surface area (Å²) < 4.78 is 0. The van der Waals surface area contributed by atoms with Crippen molar-refractivity contribution in [2.24, 2.45) is 0 Å². The first-order valence-electron chi connectivity index (χ1n) is 6.53. The summed E-state index contributed by atoms with van der Waals surface area (Å²) in [6.45, 7) is 0. The van der Waals surface area contributed by atoms with Crippen LogP contribution in [0.5, 0.6) is 0 Å². The van der Waals surface area contributed by atoms with Gasteiger partial charge in [0.15, 0.2) is 0 Å². The molecule has 2 amide bonds. The van der Waals surface area contributed by atoms with Crippen LogP contribution in [-0.4, -0.2) is 67.9 Å². The van der Waals surface area contributed by atoms with Crippen LogP contribution in [0.2, 0.25) is 0 Å². The van der Waals surface area contributed by atoms with Gasteiger partial charge in [-0.15, -0.1) is 0 Å². The fraction of sp³-hybridized carbons (Fsp3) is 0.667. The Morgan fingerprint density at radius 3 is 1.45 bits per heavy atom. The molecule has 3 aliphatic rings. The molecule has 3 saturated heterocycles. The first-order chi connectivity index (χ1) is 9.43. The minimum atomic E-state index is -1.12. The Balaban J connectivity index is 1.95. The van der Waals surface area contributed by atoms with E-state index in [2.05, 4.69) is 0 Å². The van der Waals surface area contributed by atoms with Crippen molar-refractivity contribution in [3.8, 4) is 0 Å². The second kappa shape index (κ2) is 4.19. The van der Waals surface area contributed by atoms with E-state index in [1.54, 1.807) is 0 Å². The zero-order chi connectivity index (χ0) is 14.6. The Morgan fingerprint density at radius 1 is 0.800 bits per heavy atom. The lowest BCUT2D eigenvalue weighted by molar-refractivity contribution is -0.167. The van der Waals surface area contributed by atoms with E-state index in [1.807, 2.05) is 0 Å². The summed E-state index contributed by atoms with van der Waals surface area (Å²) in [6.07, 6.45) is 1.01. The average molecular weight is 282 g/mol. The summed E-state index contributed by atoms with van der Waals surface area (Å²) in [5, 5.41) is 18.2. The topological polar surface area (TPSA) is 115 Å². The van der Waals surface area contributed by atoms with Crippen molar-refractivity contribution in [2.75, 3.05) is 0 Å². The molecule has 0 bridgehead atoms. The van der Waals surface area contributed by atoms with Gasteiger partial charge in [0.25, 0.3) is 0 Å². The quantitative estimate of drug-likeness (QED) is 0.663. The number of nitrogens with zero attached hydrogens (tertiary/aromatic N) is 2. The molecule has 0 saturated carbocycles. The van der Waals surface area contributed by atoms with E-state index < -0.39 is 47.9 Å². The normalized spacial score (nSPS) is 36.0. The Hall–Kier alpha value is -2.12. The second-order valence-electron chi connectivity index (χ2n) is 5.39. The lowest BCUT2D eigenvalue weighted by Crippen LogP contribution is -2.65. The average Bonchev–Trinajstić information content (AvgIpc) is 3.00. The first-order valence-corrected chi connectivity index (χ1v) is 6.53. The largest absolute Gasteiger partial charge is 0.480 e. The number of carboxylic acids is 2. The molecule has 3 heterocycles. The van der Waals surface area contributed by atoms with E-state index in [-0.39, 0.29) is 25.7 Å². The number of carbonyl (C=O) groups is 4. The smallest absolute Gasteiger partial charge is 0.326 e. The van der Waals surface area contributed by atoms with E-state index in [0.29, 0.717) is 0 Å². The maximum absolute atomic E-state index is 12.4. The SMILES string of the molecule is O=C(O)[C@H]1CC[C@H]2C(=O)N3[C@H](CC[C@H]3C(=O)O)C(=O)N12. The van der Waals surface area contributed by atoms with Crippen molar-refractivity contribution < 1.29 is 29.4 Å². The molecule has 0 aromatic rings. The summed E-state index contributed by atoms with van der Waals surface area (Å²) >= 11 is 0. The molecule has 3 rings (SSSR count). The predicted molar refractivity (Wildman–Crippen MR) is 62.6 cm³/mol. The van der Waals surface area contributed by atoms with Crippen molar-refractivity contribution in [3.63, 3.8) is 0 Å². The molecule has 0 aromatic carbocycles. The molecule has 2 N–H and O–H groups in total. The number of carboxylic acid groups (broad SMARTS) is 2. The van der Waals surface area contributed by atoms with Gasteiger partial charge in [0.2, 0.25) is 11.8 Å². The molecule has 0 radical (unpaired) electrons. The van der Waals surface area contributed by atoms with Crippen LogP contribution in [-0.2, 0) is 19.2 Å². The predicted octanol–water partition coefficient (Wildman–Crippen LogP) is -1.11. The molecule has 3 aliphatic heterocycles. The highest BCUT2D eigenvalue weighted by Crippen LogP contribution is 2.37. The second-order valence-corrected chi connectivity index (χ2v) is 5.39. The summed E-state index contributed by atoms with van der Waals surface area (Å²) in [4.78, 5) is 49.4. The number of fused-ring (bicyclic) bond motifs is 2. The molecular formula is C12H14N2O6. The third-order valence-electron chi connectivity index (χ3n) is 4.42. The highest BCUT2D eigenvalue weighted by molar-refractivity contribution is 6.02. The fourth-order valence-corrected chi connectivity index (χ4v) is 3.55. The summed E-state index contributed by atoms with van der Waals surface area (Å²) in [6, 6.07) is -3.58. The maximum Gasteiger partial charge on any atom is 0.326 e. The molecule has 8 nitrogen and oxygen atoms in total. The van der Waals surface area contributed by atoms with Crippen LogP contribution in [0.3, 0.4) is 0 Å². The lowest BCUT2D eigenvalue weighted by Gasteiger charge is -2.41. The number of piperazine rings is 1. The molecule has 108 valence electrons. The third kappa shape index (κ3) is 1.53. The van der Waals surface area contributed by atoms with Crippen molar-refractivity contribution in [1.29, 1.82) is 0 Å². The van der Waals surface area contributed by atoms with Gasteiger partial charge in [-0.2, -0.15) is 0 Å². The molecule has 3 fully saturated rings. The van der Waals surface area contributed by atoms with Gasteiger partial charge in [-0.05, 0) is 25.7 Å². The monoisotopic (exact) mass is 282 g/mol. The molecule has 0 aromatic heterocycles. The van der Waals surface area contributed by atoms with Crippen LogP contribution >= 0.6 is 0 Å². The zero-order valence-corrected chi connectivity index (χ0v) is 10.6. The van der Waals surface area contributed by atoms with Crippen LogP contribution in [0.25, 0.3) is 0 Å². The number of rotatable bonds is 2. The van der Waals surface area contributed by atoms with Gasteiger partial charge in [-0.1, -0.05) is 0 Å².